The molecule has 1 N–H and O–H groups in total. The molecule has 0 atom stereocenters. The van der Waals surface area contributed by atoms with E-state index in [2.05, 4.69) is 27.6 Å². The van der Waals surface area contributed by atoms with Crippen molar-refractivity contribution in [3.63, 3.8) is 0 Å². The zero-order valence-electron chi connectivity index (χ0n) is 6.76. The molecule has 0 bridgehead atoms. The maximum Gasteiger partial charge on any atom is 0.337 e. The quantitative estimate of drug-likeness (QED) is 0.799. The van der Waals surface area contributed by atoms with Gasteiger partial charge in [-0.25, -0.2) is 4.79 Å². The molecule has 0 aliphatic rings. The molecule has 0 spiro atoms. The minimum Gasteiger partial charge on any atom is -0.478 e. The highest BCUT2D eigenvalue weighted by Crippen LogP contribution is 2.17. The molecular weight excluding hydrogens is 269 g/mol. The standard InChI is InChI=1S/C8H8INO2/c1-4-6(8(11)12)3-10-5(2)7(4)9/h3H,1-2H3,(H,11,12). The first-order valence-corrected chi connectivity index (χ1v) is 4.47. The number of aromatic carboxylic acids is 1. The Bertz CT molecular complexity index is 336. The van der Waals surface area contributed by atoms with E-state index in [1.54, 1.807) is 6.92 Å². The van der Waals surface area contributed by atoms with Gasteiger partial charge in [-0.15, -0.1) is 0 Å². The maximum atomic E-state index is 10.6. The molecule has 1 rings (SSSR count). The molecule has 0 aliphatic carbocycles. The number of carboxylic acid groups (broad SMARTS) is 1. The van der Waals surface area contributed by atoms with Gasteiger partial charge < -0.3 is 5.11 Å². The van der Waals surface area contributed by atoms with Gasteiger partial charge >= 0.3 is 5.97 Å². The van der Waals surface area contributed by atoms with Crippen LogP contribution in [-0.2, 0) is 0 Å². The molecule has 1 aromatic heterocycles. The summed E-state index contributed by atoms with van der Waals surface area (Å²) in [5, 5.41) is 8.74. The summed E-state index contributed by atoms with van der Waals surface area (Å²) >= 11 is 2.10. The second kappa shape index (κ2) is 3.38. The van der Waals surface area contributed by atoms with E-state index in [0.29, 0.717) is 0 Å². The minimum atomic E-state index is -0.919. The molecule has 0 radical (unpaired) electrons. The predicted octanol–water partition coefficient (Wildman–Crippen LogP) is 2.00. The van der Waals surface area contributed by atoms with Gasteiger partial charge in [0, 0.05) is 9.77 Å². The Labute approximate surface area is 84.0 Å². The molecule has 1 aromatic rings. The van der Waals surface area contributed by atoms with E-state index in [1.807, 2.05) is 6.92 Å². The fourth-order valence-corrected chi connectivity index (χ4v) is 1.35. The Balaban J connectivity index is 3.36. The van der Waals surface area contributed by atoms with Gasteiger partial charge in [-0.1, -0.05) is 0 Å². The van der Waals surface area contributed by atoms with Gasteiger partial charge in [0.15, 0.2) is 0 Å². The first-order valence-electron chi connectivity index (χ1n) is 3.39. The van der Waals surface area contributed by atoms with Gasteiger partial charge in [-0.3, -0.25) is 4.98 Å². The number of hydrogen-bond acceptors (Lipinski definition) is 2. The van der Waals surface area contributed by atoms with Crippen molar-refractivity contribution in [2.75, 3.05) is 0 Å². The summed E-state index contributed by atoms with van der Waals surface area (Å²) in [6, 6.07) is 0. The third-order valence-corrected chi connectivity index (χ3v) is 3.26. The first kappa shape index (κ1) is 9.44. The van der Waals surface area contributed by atoms with Crippen molar-refractivity contribution in [1.82, 2.24) is 4.98 Å². The molecule has 1 heterocycles. The highest BCUT2D eigenvalue weighted by atomic mass is 127. The lowest BCUT2D eigenvalue weighted by Gasteiger charge is -2.04. The normalized spacial score (nSPS) is 9.92. The lowest BCUT2D eigenvalue weighted by molar-refractivity contribution is 0.0695. The average molecular weight is 277 g/mol. The number of pyridine rings is 1. The van der Waals surface area contributed by atoms with Crippen molar-refractivity contribution in [3.8, 4) is 0 Å². The largest absolute Gasteiger partial charge is 0.478 e. The Morgan fingerprint density at radius 3 is 2.67 bits per heavy atom. The summed E-state index contributed by atoms with van der Waals surface area (Å²) in [6.45, 7) is 3.65. The van der Waals surface area contributed by atoms with E-state index in [-0.39, 0.29) is 5.56 Å². The van der Waals surface area contributed by atoms with E-state index in [9.17, 15) is 4.79 Å². The Kier molecular flexibility index (Phi) is 2.66. The summed E-state index contributed by atoms with van der Waals surface area (Å²) in [5.74, 6) is -0.919. The fourth-order valence-electron chi connectivity index (χ4n) is 0.920. The second-order valence-electron chi connectivity index (χ2n) is 2.50. The summed E-state index contributed by atoms with van der Waals surface area (Å²) < 4.78 is 0.924. The number of carboxylic acids is 1. The summed E-state index contributed by atoms with van der Waals surface area (Å²) in [6.07, 6.45) is 1.40. The van der Waals surface area contributed by atoms with Gasteiger partial charge in [0.25, 0.3) is 0 Å². The van der Waals surface area contributed by atoms with Crippen LogP contribution in [0.3, 0.4) is 0 Å². The van der Waals surface area contributed by atoms with E-state index in [0.717, 1.165) is 14.8 Å². The predicted molar refractivity (Wildman–Crippen MR) is 53.4 cm³/mol. The molecule has 0 fully saturated rings. The van der Waals surface area contributed by atoms with Crippen molar-refractivity contribution in [2.24, 2.45) is 0 Å². The van der Waals surface area contributed by atoms with E-state index in [4.69, 9.17) is 5.11 Å². The molecule has 0 aliphatic heterocycles. The summed E-state index contributed by atoms with van der Waals surface area (Å²) in [7, 11) is 0. The van der Waals surface area contributed by atoms with Crippen molar-refractivity contribution >= 4 is 28.6 Å². The van der Waals surface area contributed by atoms with Crippen LogP contribution in [0.4, 0.5) is 0 Å². The number of aromatic nitrogens is 1. The Morgan fingerprint density at radius 1 is 1.58 bits per heavy atom. The number of carbonyl (C=O) groups is 1. The first-order chi connectivity index (χ1) is 5.54. The van der Waals surface area contributed by atoms with Gasteiger partial charge in [-0.05, 0) is 42.0 Å². The third-order valence-electron chi connectivity index (χ3n) is 1.67. The molecule has 0 saturated heterocycles. The zero-order valence-corrected chi connectivity index (χ0v) is 8.92. The van der Waals surface area contributed by atoms with Crippen LogP contribution >= 0.6 is 22.6 Å². The molecule has 12 heavy (non-hydrogen) atoms. The van der Waals surface area contributed by atoms with Crippen LogP contribution in [-0.4, -0.2) is 16.1 Å². The zero-order chi connectivity index (χ0) is 9.30. The molecule has 0 amide bonds. The van der Waals surface area contributed by atoms with Gasteiger partial charge in [0.2, 0.25) is 0 Å². The SMILES string of the molecule is Cc1ncc(C(=O)O)c(C)c1I. The minimum absolute atomic E-state index is 0.282. The van der Waals surface area contributed by atoms with Gasteiger partial charge in [-0.2, -0.15) is 0 Å². The van der Waals surface area contributed by atoms with Crippen LogP contribution in [0, 0.1) is 17.4 Å². The van der Waals surface area contributed by atoms with Crippen LogP contribution in [0.5, 0.6) is 0 Å². The monoisotopic (exact) mass is 277 g/mol. The highest BCUT2D eigenvalue weighted by Gasteiger charge is 2.11. The molecular formula is C8H8INO2. The number of nitrogens with zero attached hydrogens (tertiary/aromatic N) is 1. The number of hydrogen-bond donors (Lipinski definition) is 1. The lowest BCUT2D eigenvalue weighted by atomic mass is 10.1. The fraction of sp³-hybridized carbons (Fsp3) is 0.250. The lowest BCUT2D eigenvalue weighted by Crippen LogP contribution is -2.04. The van der Waals surface area contributed by atoms with Crippen LogP contribution in [0.25, 0.3) is 0 Å². The molecule has 64 valence electrons. The van der Waals surface area contributed by atoms with E-state index >= 15 is 0 Å². The summed E-state index contributed by atoms with van der Waals surface area (Å²) in [5.41, 5.74) is 1.94. The van der Waals surface area contributed by atoms with Crippen molar-refractivity contribution in [3.05, 3.63) is 26.6 Å². The van der Waals surface area contributed by atoms with Gasteiger partial charge in [0.1, 0.15) is 0 Å². The molecule has 0 aromatic carbocycles. The number of rotatable bonds is 1. The Hall–Kier alpha value is -0.650. The van der Waals surface area contributed by atoms with E-state index in [1.165, 1.54) is 6.20 Å². The second-order valence-corrected chi connectivity index (χ2v) is 3.58. The molecule has 3 nitrogen and oxygen atoms in total. The molecule has 4 heteroatoms. The molecule has 0 unspecified atom stereocenters. The molecule has 0 saturated carbocycles. The van der Waals surface area contributed by atoms with Crippen molar-refractivity contribution in [2.45, 2.75) is 13.8 Å². The maximum absolute atomic E-state index is 10.6. The van der Waals surface area contributed by atoms with Crippen LogP contribution in [0.1, 0.15) is 21.6 Å². The average Bonchev–Trinajstić information content (AvgIpc) is 2.00. The van der Waals surface area contributed by atoms with Crippen molar-refractivity contribution in [1.29, 1.82) is 0 Å². The number of halogens is 1. The van der Waals surface area contributed by atoms with Crippen LogP contribution < -0.4 is 0 Å². The number of aryl methyl sites for hydroxylation is 1. The smallest absolute Gasteiger partial charge is 0.337 e. The highest BCUT2D eigenvalue weighted by molar-refractivity contribution is 14.1. The third kappa shape index (κ3) is 1.57. The Morgan fingerprint density at radius 2 is 2.17 bits per heavy atom. The topological polar surface area (TPSA) is 50.2 Å². The van der Waals surface area contributed by atoms with Crippen LogP contribution in [0.15, 0.2) is 6.20 Å². The van der Waals surface area contributed by atoms with Crippen LogP contribution in [0.2, 0.25) is 0 Å². The van der Waals surface area contributed by atoms with Crippen molar-refractivity contribution < 1.29 is 9.90 Å². The summed E-state index contributed by atoms with van der Waals surface area (Å²) in [4.78, 5) is 14.6. The van der Waals surface area contributed by atoms with Gasteiger partial charge in [0.05, 0.1) is 11.3 Å². The van der Waals surface area contributed by atoms with E-state index < -0.39 is 5.97 Å².